The van der Waals surface area contributed by atoms with Crippen LogP contribution < -0.4 is 10.2 Å². The number of anilines is 2. The van der Waals surface area contributed by atoms with Gasteiger partial charge >= 0.3 is 0 Å². The summed E-state index contributed by atoms with van der Waals surface area (Å²) in [6.45, 7) is 7.74. The van der Waals surface area contributed by atoms with E-state index >= 15 is 0 Å². The molecule has 0 bridgehead atoms. The zero-order valence-corrected chi connectivity index (χ0v) is 12.3. The Labute approximate surface area is 120 Å². The first-order valence-electron chi connectivity index (χ1n) is 7.35. The maximum Gasteiger partial charge on any atom is 0.136 e. The molecule has 0 atom stereocenters. The first-order valence-corrected chi connectivity index (χ1v) is 7.35. The highest BCUT2D eigenvalue weighted by atomic mass is 15.3. The van der Waals surface area contributed by atoms with E-state index in [9.17, 15) is 0 Å². The van der Waals surface area contributed by atoms with E-state index in [2.05, 4.69) is 51.3 Å². The Balaban J connectivity index is 1.94. The molecule has 0 amide bonds. The zero-order valence-electron chi connectivity index (χ0n) is 12.3. The first kappa shape index (κ1) is 13.2. The Bertz CT molecular complexity index is 588. The number of nitrogens with zero attached hydrogens (tertiary/aromatic N) is 3. The summed E-state index contributed by atoms with van der Waals surface area (Å²) in [6.07, 6.45) is 1.92. The largest absolute Gasteiger partial charge is 0.388 e. The van der Waals surface area contributed by atoms with E-state index in [1.807, 2.05) is 13.2 Å². The van der Waals surface area contributed by atoms with Crippen LogP contribution in [0.1, 0.15) is 6.92 Å². The van der Waals surface area contributed by atoms with Gasteiger partial charge in [-0.15, -0.1) is 0 Å². The van der Waals surface area contributed by atoms with Gasteiger partial charge in [0.1, 0.15) is 5.82 Å². The maximum atomic E-state index is 4.64. The second-order valence-corrected chi connectivity index (χ2v) is 5.24. The summed E-state index contributed by atoms with van der Waals surface area (Å²) in [5.41, 5.74) is 1.14. The Hall–Kier alpha value is -1.81. The smallest absolute Gasteiger partial charge is 0.136 e. The third-order valence-corrected chi connectivity index (χ3v) is 4.15. The normalized spacial score (nSPS) is 16.6. The Morgan fingerprint density at radius 1 is 1.15 bits per heavy atom. The van der Waals surface area contributed by atoms with Gasteiger partial charge < -0.3 is 15.1 Å². The van der Waals surface area contributed by atoms with Crippen molar-refractivity contribution in [1.82, 2.24) is 9.88 Å². The minimum atomic E-state index is 1.06. The molecular formula is C16H22N4. The quantitative estimate of drug-likeness (QED) is 0.928. The number of hydrogen-bond donors (Lipinski definition) is 1. The average Bonchev–Trinajstić information content (AvgIpc) is 2.54. The topological polar surface area (TPSA) is 31.4 Å². The van der Waals surface area contributed by atoms with Crippen LogP contribution >= 0.6 is 0 Å². The predicted octanol–water partition coefficient (Wildman–Crippen LogP) is 2.42. The molecule has 1 aromatic carbocycles. The number of hydrogen-bond acceptors (Lipinski definition) is 4. The Kier molecular flexibility index (Phi) is 3.74. The van der Waals surface area contributed by atoms with E-state index in [-0.39, 0.29) is 0 Å². The van der Waals surface area contributed by atoms with Crippen molar-refractivity contribution < 1.29 is 0 Å². The van der Waals surface area contributed by atoms with E-state index in [0.717, 1.165) is 44.2 Å². The van der Waals surface area contributed by atoms with Crippen molar-refractivity contribution in [3.05, 3.63) is 30.5 Å². The van der Waals surface area contributed by atoms with E-state index in [1.165, 1.54) is 10.8 Å². The van der Waals surface area contributed by atoms with E-state index in [1.54, 1.807) is 0 Å². The third kappa shape index (κ3) is 2.43. The van der Waals surface area contributed by atoms with Crippen molar-refractivity contribution in [3.8, 4) is 0 Å². The summed E-state index contributed by atoms with van der Waals surface area (Å²) in [7, 11) is 1.96. The molecule has 4 nitrogen and oxygen atoms in total. The number of likely N-dealkylation sites (N-methyl/N-ethyl adjacent to an activating group) is 1. The maximum absolute atomic E-state index is 4.64. The molecule has 3 rings (SSSR count). The average molecular weight is 270 g/mol. The third-order valence-electron chi connectivity index (χ3n) is 4.15. The van der Waals surface area contributed by atoms with Gasteiger partial charge in [-0.3, -0.25) is 0 Å². The molecule has 0 spiro atoms. The fourth-order valence-electron chi connectivity index (χ4n) is 2.84. The van der Waals surface area contributed by atoms with E-state index < -0.39 is 0 Å². The molecule has 0 radical (unpaired) electrons. The molecule has 4 heteroatoms. The van der Waals surface area contributed by atoms with Crippen LogP contribution in [0.5, 0.6) is 0 Å². The summed E-state index contributed by atoms with van der Waals surface area (Å²) in [4.78, 5) is 9.53. The molecule has 1 aliphatic heterocycles. The monoisotopic (exact) mass is 270 g/mol. The predicted molar refractivity (Wildman–Crippen MR) is 85.6 cm³/mol. The van der Waals surface area contributed by atoms with E-state index in [4.69, 9.17) is 0 Å². The van der Waals surface area contributed by atoms with Gasteiger partial charge in [0, 0.05) is 50.5 Å². The molecule has 0 unspecified atom stereocenters. The SMILES string of the molecule is CCN1CCN(c2nccc3ccc(NC)cc23)CC1. The van der Waals surface area contributed by atoms with Gasteiger partial charge in [0.25, 0.3) is 0 Å². The lowest BCUT2D eigenvalue weighted by Crippen LogP contribution is -2.46. The van der Waals surface area contributed by atoms with Crippen LogP contribution in [0.3, 0.4) is 0 Å². The van der Waals surface area contributed by atoms with Crippen molar-refractivity contribution in [2.75, 3.05) is 50.0 Å². The standard InChI is InChI=1S/C16H22N4/c1-3-19-8-10-20(11-9-19)16-15-12-14(17-2)5-4-13(15)6-7-18-16/h4-7,12,17H,3,8-11H2,1-2H3. The minimum Gasteiger partial charge on any atom is -0.388 e. The molecule has 20 heavy (non-hydrogen) atoms. The number of piperazine rings is 1. The molecular weight excluding hydrogens is 248 g/mol. The molecule has 1 N–H and O–H groups in total. The van der Waals surface area contributed by atoms with Crippen LogP contribution in [0, 0.1) is 0 Å². The second kappa shape index (κ2) is 5.67. The number of benzene rings is 1. The van der Waals surface area contributed by atoms with Crippen LogP contribution in [-0.4, -0.2) is 49.7 Å². The van der Waals surface area contributed by atoms with E-state index in [0.29, 0.717) is 0 Å². The van der Waals surface area contributed by atoms with Gasteiger partial charge in [-0.05, 0) is 30.1 Å². The number of nitrogens with one attached hydrogen (secondary N) is 1. The van der Waals surface area contributed by atoms with Crippen LogP contribution in [0.25, 0.3) is 10.8 Å². The number of aromatic nitrogens is 1. The highest BCUT2D eigenvalue weighted by molar-refractivity contribution is 5.94. The molecule has 2 heterocycles. The summed E-state index contributed by atoms with van der Waals surface area (Å²) < 4.78 is 0. The fraction of sp³-hybridized carbons (Fsp3) is 0.438. The minimum absolute atomic E-state index is 1.06. The van der Waals surface area contributed by atoms with Crippen LogP contribution in [0.4, 0.5) is 11.5 Å². The molecule has 1 saturated heterocycles. The zero-order chi connectivity index (χ0) is 13.9. The number of rotatable bonds is 3. The second-order valence-electron chi connectivity index (χ2n) is 5.24. The van der Waals surface area contributed by atoms with Gasteiger partial charge in [0.15, 0.2) is 0 Å². The molecule has 1 aromatic heterocycles. The van der Waals surface area contributed by atoms with Gasteiger partial charge in [-0.2, -0.15) is 0 Å². The summed E-state index contributed by atoms with van der Waals surface area (Å²) in [5.74, 6) is 1.12. The molecule has 1 fully saturated rings. The van der Waals surface area contributed by atoms with Crippen LogP contribution in [0.2, 0.25) is 0 Å². The summed E-state index contributed by atoms with van der Waals surface area (Å²) >= 11 is 0. The van der Waals surface area contributed by atoms with Crippen molar-refractivity contribution in [3.63, 3.8) is 0 Å². The van der Waals surface area contributed by atoms with Crippen LogP contribution in [-0.2, 0) is 0 Å². The lowest BCUT2D eigenvalue weighted by atomic mass is 10.1. The fourth-order valence-corrected chi connectivity index (χ4v) is 2.84. The highest BCUT2D eigenvalue weighted by Crippen LogP contribution is 2.27. The summed E-state index contributed by atoms with van der Waals surface area (Å²) in [5, 5.41) is 5.71. The summed E-state index contributed by atoms with van der Waals surface area (Å²) in [6, 6.07) is 8.56. The van der Waals surface area contributed by atoms with Crippen molar-refractivity contribution >= 4 is 22.3 Å². The van der Waals surface area contributed by atoms with Crippen molar-refractivity contribution in [2.45, 2.75) is 6.92 Å². The Morgan fingerprint density at radius 3 is 2.65 bits per heavy atom. The molecule has 1 aliphatic rings. The van der Waals surface area contributed by atoms with Gasteiger partial charge in [-0.25, -0.2) is 4.98 Å². The van der Waals surface area contributed by atoms with Gasteiger partial charge in [0.2, 0.25) is 0 Å². The lowest BCUT2D eigenvalue weighted by Gasteiger charge is -2.35. The van der Waals surface area contributed by atoms with Crippen molar-refractivity contribution in [2.24, 2.45) is 0 Å². The number of pyridine rings is 1. The lowest BCUT2D eigenvalue weighted by molar-refractivity contribution is 0.271. The van der Waals surface area contributed by atoms with Crippen LogP contribution in [0.15, 0.2) is 30.5 Å². The Morgan fingerprint density at radius 2 is 1.95 bits per heavy atom. The molecule has 0 aliphatic carbocycles. The van der Waals surface area contributed by atoms with Gasteiger partial charge in [-0.1, -0.05) is 13.0 Å². The number of fused-ring (bicyclic) bond motifs is 1. The van der Waals surface area contributed by atoms with Gasteiger partial charge in [0.05, 0.1) is 0 Å². The highest BCUT2D eigenvalue weighted by Gasteiger charge is 2.18. The van der Waals surface area contributed by atoms with Crippen molar-refractivity contribution in [1.29, 1.82) is 0 Å². The molecule has 2 aromatic rings. The molecule has 0 saturated carbocycles. The molecule has 106 valence electrons. The first-order chi connectivity index (χ1) is 9.81.